The molecule has 2 N–H and O–H groups in total. The molecule has 4 rings (SSSR count). The van der Waals surface area contributed by atoms with Crippen LogP contribution in [-0.2, 0) is 24.2 Å². The molecule has 0 saturated heterocycles. The summed E-state index contributed by atoms with van der Waals surface area (Å²) >= 11 is 0. The first-order chi connectivity index (χ1) is 11.8. The molecule has 1 aliphatic carbocycles. The normalized spacial score (nSPS) is 19.2. The van der Waals surface area contributed by atoms with Gasteiger partial charge >= 0.3 is 0 Å². The van der Waals surface area contributed by atoms with Crippen LogP contribution < -0.4 is 14.8 Å². The zero-order valence-electron chi connectivity index (χ0n) is 13.5. The predicted molar refractivity (Wildman–Crippen MR) is 88.0 cm³/mol. The van der Waals surface area contributed by atoms with Gasteiger partial charge in [0, 0.05) is 5.69 Å². The standard InChI is InChI=1S/C18H21N3O3/c22-18(17-11-23-15-8-4-5-9-16(15)24-17)19-10-14-12-6-2-1-3-7-13(12)20-21-14/h4-5,8-9,17H,1-3,6-7,10-11H2,(H,19,22)(H,20,21)/t17-/m0/s1. The maximum atomic E-state index is 12.4. The van der Waals surface area contributed by atoms with Gasteiger partial charge in [0.2, 0.25) is 6.10 Å². The Morgan fingerprint density at radius 1 is 1.21 bits per heavy atom. The number of hydrogen-bond donors (Lipinski definition) is 2. The number of ether oxygens (including phenoxy) is 2. The Hall–Kier alpha value is -2.50. The summed E-state index contributed by atoms with van der Waals surface area (Å²) in [7, 11) is 0. The zero-order valence-corrected chi connectivity index (χ0v) is 13.5. The van der Waals surface area contributed by atoms with Crippen LogP contribution in [0, 0.1) is 0 Å². The summed E-state index contributed by atoms with van der Waals surface area (Å²) in [6, 6.07) is 7.39. The van der Waals surface area contributed by atoms with Gasteiger partial charge in [0.25, 0.3) is 5.91 Å². The number of carbonyl (C=O) groups is 1. The van der Waals surface area contributed by atoms with Crippen LogP contribution >= 0.6 is 0 Å². The third-order valence-corrected chi connectivity index (χ3v) is 4.62. The van der Waals surface area contributed by atoms with Crippen molar-refractivity contribution in [3.05, 3.63) is 41.2 Å². The number of para-hydroxylation sites is 2. The minimum absolute atomic E-state index is 0.171. The van der Waals surface area contributed by atoms with Crippen molar-refractivity contribution in [3.8, 4) is 11.5 Å². The van der Waals surface area contributed by atoms with E-state index < -0.39 is 6.10 Å². The van der Waals surface area contributed by atoms with Crippen LogP contribution in [0.4, 0.5) is 0 Å². The highest BCUT2D eigenvalue weighted by molar-refractivity contribution is 5.81. The lowest BCUT2D eigenvalue weighted by molar-refractivity contribution is -0.130. The Morgan fingerprint density at radius 3 is 2.96 bits per heavy atom. The summed E-state index contributed by atoms with van der Waals surface area (Å²) in [4.78, 5) is 12.4. The van der Waals surface area contributed by atoms with Gasteiger partial charge in [-0.1, -0.05) is 18.6 Å². The fourth-order valence-corrected chi connectivity index (χ4v) is 3.31. The first-order valence-corrected chi connectivity index (χ1v) is 8.52. The van der Waals surface area contributed by atoms with E-state index in [4.69, 9.17) is 9.47 Å². The van der Waals surface area contributed by atoms with Crippen molar-refractivity contribution in [2.24, 2.45) is 0 Å². The molecule has 24 heavy (non-hydrogen) atoms. The second-order valence-corrected chi connectivity index (χ2v) is 6.27. The summed E-state index contributed by atoms with van der Waals surface area (Å²) < 4.78 is 11.3. The van der Waals surface area contributed by atoms with Crippen molar-refractivity contribution in [2.45, 2.75) is 44.8 Å². The summed E-state index contributed by atoms with van der Waals surface area (Å²) in [5.74, 6) is 1.12. The Bertz CT molecular complexity index is 741. The van der Waals surface area contributed by atoms with E-state index in [0.717, 1.165) is 18.5 Å². The minimum atomic E-state index is -0.627. The molecule has 0 unspecified atom stereocenters. The van der Waals surface area contributed by atoms with Gasteiger partial charge in [0.15, 0.2) is 11.5 Å². The molecule has 1 aromatic heterocycles. The van der Waals surface area contributed by atoms with Crippen LogP contribution in [0.15, 0.2) is 24.3 Å². The predicted octanol–water partition coefficient (Wildman–Crippen LogP) is 2.13. The number of H-pyrrole nitrogens is 1. The maximum absolute atomic E-state index is 12.4. The summed E-state index contributed by atoms with van der Waals surface area (Å²) in [6.45, 7) is 0.647. The fourth-order valence-electron chi connectivity index (χ4n) is 3.31. The van der Waals surface area contributed by atoms with Gasteiger partial charge in [-0.15, -0.1) is 0 Å². The number of carbonyl (C=O) groups excluding carboxylic acids is 1. The Kier molecular flexibility index (Phi) is 4.11. The second kappa shape index (κ2) is 6.55. The van der Waals surface area contributed by atoms with Crippen LogP contribution in [-0.4, -0.2) is 28.8 Å². The Morgan fingerprint density at radius 2 is 2.04 bits per heavy atom. The molecule has 1 amide bonds. The number of aryl methyl sites for hydroxylation is 1. The van der Waals surface area contributed by atoms with Gasteiger partial charge in [-0.3, -0.25) is 9.89 Å². The summed E-state index contributed by atoms with van der Waals surface area (Å²) in [5.41, 5.74) is 3.44. The number of aromatic nitrogens is 2. The van der Waals surface area contributed by atoms with Crippen molar-refractivity contribution in [2.75, 3.05) is 6.61 Å². The van der Waals surface area contributed by atoms with Crippen molar-refractivity contribution >= 4 is 5.91 Å². The lowest BCUT2D eigenvalue weighted by Gasteiger charge is -2.25. The number of amides is 1. The highest BCUT2D eigenvalue weighted by Crippen LogP contribution is 2.30. The quantitative estimate of drug-likeness (QED) is 0.847. The van der Waals surface area contributed by atoms with E-state index in [2.05, 4.69) is 15.5 Å². The average molecular weight is 327 g/mol. The van der Waals surface area contributed by atoms with Crippen molar-refractivity contribution < 1.29 is 14.3 Å². The molecule has 2 aromatic rings. The molecule has 6 heteroatoms. The van der Waals surface area contributed by atoms with Gasteiger partial charge in [0.1, 0.15) is 6.61 Å². The highest BCUT2D eigenvalue weighted by Gasteiger charge is 2.27. The monoisotopic (exact) mass is 327 g/mol. The molecule has 2 heterocycles. The summed E-state index contributed by atoms with van der Waals surface area (Å²) in [5, 5.41) is 10.4. The molecule has 0 fully saturated rings. The van der Waals surface area contributed by atoms with E-state index in [-0.39, 0.29) is 12.5 Å². The third kappa shape index (κ3) is 2.96. The SMILES string of the molecule is O=C(NCc1n[nH]c2c1CCCCC2)[C@@H]1COc2ccccc2O1. The number of hydrogen-bond acceptors (Lipinski definition) is 4. The number of rotatable bonds is 3. The molecule has 0 spiro atoms. The van der Waals surface area contributed by atoms with Crippen molar-refractivity contribution in [3.63, 3.8) is 0 Å². The van der Waals surface area contributed by atoms with E-state index in [1.54, 1.807) is 0 Å². The molecule has 1 atom stereocenters. The molecule has 0 saturated carbocycles. The van der Waals surface area contributed by atoms with E-state index in [0.29, 0.717) is 18.0 Å². The topological polar surface area (TPSA) is 76.2 Å². The van der Waals surface area contributed by atoms with Gasteiger partial charge in [0.05, 0.1) is 12.2 Å². The fraction of sp³-hybridized carbons (Fsp3) is 0.444. The highest BCUT2D eigenvalue weighted by atomic mass is 16.6. The van der Waals surface area contributed by atoms with Crippen molar-refractivity contribution in [1.82, 2.24) is 15.5 Å². The van der Waals surface area contributed by atoms with E-state index in [9.17, 15) is 4.79 Å². The molecule has 126 valence electrons. The molecule has 2 aliphatic rings. The third-order valence-electron chi connectivity index (χ3n) is 4.62. The Balaban J connectivity index is 1.38. The van der Waals surface area contributed by atoms with Gasteiger partial charge in [-0.05, 0) is 43.4 Å². The molecule has 1 aromatic carbocycles. The van der Waals surface area contributed by atoms with Crippen LogP contribution in [0.3, 0.4) is 0 Å². The molecule has 0 radical (unpaired) electrons. The van der Waals surface area contributed by atoms with Crippen LogP contribution in [0.1, 0.15) is 36.2 Å². The molecule has 1 aliphatic heterocycles. The van der Waals surface area contributed by atoms with Crippen LogP contribution in [0.5, 0.6) is 11.5 Å². The van der Waals surface area contributed by atoms with Gasteiger partial charge in [-0.2, -0.15) is 5.10 Å². The van der Waals surface area contributed by atoms with Crippen LogP contribution in [0.2, 0.25) is 0 Å². The Labute approximate surface area is 140 Å². The van der Waals surface area contributed by atoms with E-state index in [1.807, 2.05) is 24.3 Å². The molecular weight excluding hydrogens is 306 g/mol. The zero-order chi connectivity index (χ0) is 16.4. The second-order valence-electron chi connectivity index (χ2n) is 6.27. The molecule has 6 nitrogen and oxygen atoms in total. The van der Waals surface area contributed by atoms with Crippen LogP contribution in [0.25, 0.3) is 0 Å². The number of benzene rings is 1. The van der Waals surface area contributed by atoms with E-state index >= 15 is 0 Å². The van der Waals surface area contributed by atoms with E-state index in [1.165, 1.54) is 30.5 Å². The number of nitrogens with zero attached hydrogens (tertiary/aromatic N) is 1. The average Bonchev–Trinajstić information content (AvgIpc) is 2.85. The lowest BCUT2D eigenvalue weighted by Crippen LogP contribution is -2.43. The number of fused-ring (bicyclic) bond motifs is 2. The number of nitrogens with one attached hydrogen (secondary N) is 2. The molecular formula is C18H21N3O3. The number of aromatic amines is 1. The first-order valence-electron chi connectivity index (χ1n) is 8.52. The van der Waals surface area contributed by atoms with Crippen molar-refractivity contribution in [1.29, 1.82) is 0 Å². The van der Waals surface area contributed by atoms with Gasteiger partial charge < -0.3 is 14.8 Å². The summed E-state index contributed by atoms with van der Waals surface area (Å²) in [6.07, 6.45) is 5.09. The first kappa shape index (κ1) is 15.1. The molecule has 0 bridgehead atoms. The minimum Gasteiger partial charge on any atom is -0.485 e. The van der Waals surface area contributed by atoms with Gasteiger partial charge in [-0.25, -0.2) is 0 Å². The smallest absolute Gasteiger partial charge is 0.265 e. The largest absolute Gasteiger partial charge is 0.485 e. The lowest BCUT2D eigenvalue weighted by atomic mass is 10.1. The maximum Gasteiger partial charge on any atom is 0.265 e.